The molecule has 3 rings (SSSR count). The minimum absolute atomic E-state index is 0. The van der Waals surface area contributed by atoms with Crippen LogP contribution in [0.5, 0.6) is 0 Å². The van der Waals surface area contributed by atoms with Crippen molar-refractivity contribution in [1.29, 1.82) is 0 Å². The van der Waals surface area contributed by atoms with Gasteiger partial charge in [-0.15, -0.1) is 12.4 Å². The predicted molar refractivity (Wildman–Crippen MR) is 70.3 cm³/mol. The van der Waals surface area contributed by atoms with Crippen LogP contribution in [0.2, 0.25) is 0 Å². The Morgan fingerprint density at radius 1 is 1.29 bits per heavy atom. The van der Waals surface area contributed by atoms with Gasteiger partial charge in [-0.2, -0.15) is 0 Å². The molecule has 3 fully saturated rings. The molecule has 1 amide bonds. The van der Waals surface area contributed by atoms with Gasteiger partial charge in [-0.3, -0.25) is 4.79 Å². The summed E-state index contributed by atoms with van der Waals surface area (Å²) in [7, 11) is 0. The number of hydrogen-bond acceptors (Lipinski definition) is 2. The number of fused-ring (bicyclic) bond motifs is 2. The van der Waals surface area contributed by atoms with E-state index in [1.165, 1.54) is 12.8 Å². The van der Waals surface area contributed by atoms with Crippen LogP contribution in [0.25, 0.3) is 0 Å². The lowest BCUT2D eigenvalue weighted by Crippen LogP contribution is -2.49. The summed E-state index contributed by atoms with van der Waals surface area (Å²) in [5.41, 5.74) is 0.0317. The first kappa shape index (κ1) is 13.2. The standard InChI is InChI=1S/C13H22N2O.ClH/c1-2-13(5-6-13)12(16)15-11-7-9-3-4-10(8-11)14-9;/h9-11,14H,2-8H2,1H3,(H,15,16);1H. The molecule has 2 heterocycles. The van der Waals surface area contributed by atoms with Crippen LogP contribution in [0.3, 0.4) is 0 Å². The molecule has 0 aromatic carbocycles. The van der Waals surface area contributed by atoms with Gasteiger partial charge in [-0.25, -0.2) is 0 Å². The molecule has 2 saturated heterocycles. The number of carbonyl (C=O) groups is 1. The second-order valence-electron chi connectivity index (χ2n) is 5.91. The highest BCUT2D eigenvalue weighted by atomic mass is 35.5. The van der Waals surface area contributed by atoms with Crippen LogP contribution in [-0.2, 0) is 4.79 Å². The summed E-state index contributed by atoms with van der Waals surface area (Å²) in [4.78, 5) is 12.1. The second kappa shape index (κ2) is 4.77. The van der Waals surface area contributed by atoms with Gasteiger partial charge in [0.2, 0.25) is 5.91 Å². The molecule has 3 nitrogen and oxygen atoms in total. The molecule has 0 radical (unpaired) electrons. The average molecular weight is 259 g/mol. The molecule has 3 aliphatic rings. The molecule has 1 aliphatic carbocycles. The van der Waals surface area contributed by atoms with Crippen molar-refractivity contribution in [3.8, 4) is 0 Å². The Balaban J connectivity index is 0.00000108. The lowest BCUT2D eigenvalue weighted by molar-refractivity contribution is -0.127. The van der Waals surface area contributed by atoms with Crippen LogP contribution in [0.15, 0.2) is 0 Å². The molecule has 2 N–H and O–H groups in total. The molecule has 0 aromatic rings. The Kier molecular flexibility index (Phi) is 3.69. The zero-order chi connectivity index (χ0) is 11.2. The van der Waals surface area contributed by atoms with Gasteiger partial charge >= 0.3 is 0 Å². The van der Waals surface area contributed by atoms with Crippen LogP contribution in [0, 0.1) is 5.41 Å². The SMILES string of the molecule is CCC1(C(=O)NC2CC3CCC(C2)N3)CC1.Cl. The van der Waals surface area contributed by atoms with Gasteiger partial charge < -0.3 is 10.6 Å². The van der Waals surface area contributed by atoms with Crippen molar-refractivity contribution in [3.63, 3.8) is 0 Å². The van der Waals surface area contributed by atoms with E-state index < -0.39 is 0 Å². The Morgan fingerprint density at radius 3 is 2.35 bits per heavy atom. The fraction of sp³-hybridized carbons (Fsp3) is 0.923. The van der Waals surface area contributed by atoms with Crippen molar-refractivity contribution in [2.24, 2.45) is 5.41 Å². The molecule has 1 saturated carbocycles. The van der Waals surface area contributed by atoms with Gasteiger partial charge in [0.05, 0.1) is 0 Å². The van der Waals surface area contributed by atoms with Crippen LogP contribution in [0.4, 0.5) is 0 Å². The van der Waals surface area contributed by atoms with E-state index >= 15 is 0 Å². The van der Waals surface area contributed by atoms with Gasteiger partial charge in [0.15, 0.2) is 0 Å². The van der Waals surface area contributed by atoms with Crippen LogP contribution < -0.4 is 10.6 Å². The third-order valence-corrected chi connectivity index (χ3v) is 4.82. The highest BCUT2D eigenvalue weighted by Crippen LogP contribution is 2.49. The zero-order valence-corrected chi connectivity index (χ0v) is 11.3. The minimum atomic E-state index is 0. The molecule has 2 bridgehead atoms. The first-order valence-corrected chi connectivity index (χ1v) is 6.79. The van der Waals surface area contributed by atoms with Crippen LogP contribution >= 0.6 is 12.4 Å². The minimum Gasteiger partial charge on any atom is -0.353 e. The van der Waals surface area contributed by atoms with Crippen molar-refractivity contribution in [2.45, 2.75) is 70.0 Å². The molecule has 2 aliphatic heterocycles. The highest BCUT2D eigenvalue weighted by Gasteiger charge is 2.48. The molecule has 0 spiro atoms. The summed E-state index contributed by atoms with van der Waals surface area (Å²) < 4.78 is 0. The third-order valence-electron chi connectivity index (χ3n) is 4.82. The maximum Gasteiger partial charge on any atom is 0.226 e. The van der Waals surface area contributed by atoms with E-state index in [4.69, 9.17) is 0 Å². The van der Waals surface area contributed by atoms with Gasteiger partial charge in [0, 0.05) is 23.5 Å². The zero-order valence-electron chi connectivity index (χ0n) is 10.5. The van der Waals surface area contributed by atoms with E-state index in [9.17, 15) is 4.79 Å². The van der Waals surface area contributed by atoms with Gasteiger partial charge in [0.1, 0.15) is 0 Å². The Bertz CT molecular complexity index is 292. The lowest BCUT2D eigenvalue weighted by Gasteiger charge is -2.30. The van der Waals surface area contributed by atoms with Crippen molar-refractivity contribution < 1.29 is 4.79 Å². The first-order valence-electron chi connectivity index (χ1n) is 6.79. The van der Waals surface area contributed by atoms with Crippen molar-refractivity contribution in [3.05, 3.63) is 0 Å². The topological polar surface area (TPSA) is 41.1 Å². The Hall–Kier alpha value is -0.280. The number of carbonyl (C=O) groups excluding carboxylic acids is 1. The largest absolute Gasteiger partial charge is 0.353 e. The van der Waals surface area contributed by atoms with Gasteiger partial charge in [-0.1, -0.05) is 6.92 Å². The fourth-order valence-corrected chi connectivity index (χ4v) is 3.41. The van der Waals surface area contributed by atoms with Crippen LogP contribution in [0.1, 0.15) is 51.9 Å². The van der Waals surface area contributed by atoms with Gasteiger partial charge in [-0.05, 0) is 44.9 Å². The molecule has 0 aromatic heterocycles. The lowest BCUT2D eigenvalue weighted by atomic mass is 9.97. The van der Waals surface area contributed by atoms with E-state index in [1.807, 2.05) is 0 Å². The molecule has 17 heavy (non-hydrogen) atoms. The summed E-state index contributed by atoms with van der Waals surface area (Å²) in [6, 6.07) is 1.77. The molecular formula is C13H23ClN2O. The molecule has 2 atom stereocenters. The highest BCUT2D eigenvalue weighted by molar-refractivity contribution is 5.85. The smallest absolute Gasteiger partial charge is 0.226 e. The summed E-state index contributed by atoms with van der Waals surface area (Å²) in [5.74, 6) is 0.335. The van der Waals surface area contributed by atoms with Crippen molar-refractivity contribution in [2.75, 3.05) is 0 Å². The van der Waals surface area contributed by atoms with Crippen molar-refractivity contribution >= 4 is 18.3 Å². The number of amides is 1. The summed E-state index contributed by atoms with van der Waals surface area (Å²) in [6.07, 6.45) is 8.10. The Morgan fingerprint density at radius 2 is 1.88 bits per heavy atom. The average Bonchev–Trinajstić information content (AvgIpc) is 3.01. The van der Waals surface area contributed by atoms with E-state index in [0.29, 0.717) is 24.0 Å². The number of piperidine rings is 1. The van der Waals surface area contributed by atoms with E-state index in [-0.39, 0.29) is 17.8 Å². The summed E-state index contributed by atoms with van der Waals surface area (Å²) in [5, 5.41) is 6.91. The van der Waals surface area contributed by atoms with E-state index in [1.54, 1.807) is 0 Å². The maximum absolute atomic E-state index is 12.1. The first-order chi connectivity index (χ1) is 7.72. The van der Waals surface area contributed by atoms with E-state index in [0.717, 1.165) is 32.1 Å². The van der Waals surface area contributed by atoms with E-state index in [2.05, 4.69) is 17.6 Å². The number of rotatable bonds is 3. The van der Waals surface area contributed by atoms with Crippen molar-refractivity contribution in [1.82, 2.24) is 10.6 Å². The molecule has 2 unspecified atom stereocenters. The normalized spacial score (nSPS) is 37.1. The Labute approximate surface area is 110 Å². The quantitative estimate of drug-likeness (QED) is 0.813. The fourth-order valence-electron chi connectivity index (χ4n) is 3.41. The number of halogens is 1. The number of nitrogens with one attached hydrogen (secondary N) is 2. The van der Waals surface area contributed by atoms with Gasteiger partial charge in [0.25, 0.3) is 0 Å². The molecule has 4 heteroatoms. The second-order valence-corrected chi connectivity index (χ2v) is 5.91. The summed E-state index contributed by atoms with van der Waals surface area (Å²) >= 11 is 0. The predicted octanol–water partition coefficient (Wildman–Crippen LogP) is 2.00. The summed E-state index contributed by atoms with van der Waals surface area (Å²) in [6.45, 7) is 2.14. The maximum atomic E-state index is 12.1. The molecule has 98 valence electrons. The monoisotopic (exact) mass is 258 g/mol. The van der Waals surface area contributed by atoms with Crippen LogP contribution in [-0.4, -0.2) is 24.0 Å². The third kappa shape index (κ3) is 2.45. The number of hydrogen-bond donors (Lipinski definition) is 2. The molecular weight excluding hydrogens is 236 g/mol.